The number of fused-ring (bicyclic) bond motifs is 1. The van der Waals surface area contributed by atoms with Gasteiger partial charge in [0, 0.05) is 42.5 Å². The summed E-state index contributed by atoms with van der Waals surface area (Å²) in [5, 5.41) is 8.61. The van der Waals surface area contributed by atoms with Crippen molar-refractivity contribution in [2.24, 2.45) is 5.92 Å². The molecule has 0 unspecified atom stereocenters. The van der Waals surface area contributed by atoms with Crippen molar-refractivity contribution in [1.29, 1.82) is 0 Å². The first-order valence-electron chi connectivity index (χ1n) is 9.64. The number of aryl methyl sites for hydroxylation is 1. The van der Waals surface area contributed by atoms with Gasteiger partial charge in [0.1, 0.15) is 12.3 Å². The molecule has 1 aromatic carbocycles. The molecule has 6 nitrogen and oxygen atoms in total. The summed E-state index contributed by atoms with van der Waals surface area (Å²) in [5.41, 5.74) is 2.55. The average molecular weight is 389 g/mol. The van der Waals surface area contributed by atoms with Crippen LogP contribution in [0.4, 0.5) is 5.69 Å². The summed E-state index contributed by atoms with van der Waals surface area (Å²) < 4.78 is 8.19. The van der Waals surface area contributed by atoms with Gasteiger partial charge in [0.05, 0.1) is 11.3 Å². The molecule has 1 amide bonds. The summed E-state index contributed by atoms with van der Waals surface area (Å²) in [6.45, 7) is 6.25. The van der Waals surface area contributed by atoms with Crippen LogP contribution in [0.1, 0.15) is 48.8 Å². The molecule has 7 heteroatoms. The van der Waals surface area contributed by atoms with E-state index in [-0.39, 0.29) is 24.1 Å². The van der Waals surface area contributed by atoms with Crippen molar-refractivity contribution in [3.63, 3.8) is 0 Å². The Morgan fingerprint density at radius 3 is 2.93 bits per heavy atom. The maximum atomic E-state index is 13.1. The number of ether oxygens (including phenoxy) is 1. The Hall–Kier alpha value is -2.05. The topological polar surface area (TPSA) is 59.4 Å². The highest BCUT2D eigenvalue weighted by atomic mass is 35.5. The van der Waals surface area contributed by atoms with E-state index in [2.05, 4.69) is 17.3 Å². The van der Waals surface area contributed by atoms with Gasteiger partial charge in [-0.3, -0.25) is 9.48 Å². The van der Waals surface area contributed by atoms with Gasteiger partial charge < -0.3 is 15.0 Å². The van der Waals surface area contributed by atoms with E-state index < -0.39 is 0 Å². The molecule has 2 aliphatic rings. The van der Waals surface area contributed by atoms with Crippen molar-refractivity contribution in [1.82, 2.24) is 14.7 Å². The first kappa shape index (κ1) is 18.3. The van der Waals surface area contributed by atoms with Crippen LogP contribution >= 0.6 is 11.6 Å². The van der Waals surface area contributed by atoms with Gasteiger partial charge in [-0.05, 0) is 51.0 Å². The molecule has 0 saturated carbocycles. The number of carbonyl (C=O) groups is 1. The van der Waals surface area contributed by atoms with E-state index in [1.165, 1.54) is 0 Å². The molecule has 144 valence electrons. The minimum absolute atomic E-state index is 0.0428. The third-order valence-electron chi connectivity index (χ3n) is 5.57. The van der Waals surface area contributed by atoms with Crippen LogP contribution in [0.25, 0.3) is 0 Å². The second kappa shape index (κ2) is 7.52. The molecular formula is C20H25ClN4O2. The molecule has 0 bridgehead atoms. The number of benzene rings is 1. The minimum Gasteiger partial charge on any atom is -0.371 e. The lowest BCUT2D eigenvalue weighted by Gasteiger charge is -2.45. The smallest absolute Gasteiger partial charge is 0.257 e. The lowest BCUT2D eigenvalue weighted by Crippen LogP contribution is -2.54. The van der Waals surface area contributed by atoms with Crippen LogP contribution < -0.4 is 5.32 Å². The number of hydrogen-bond acceptors (Lipinski definition) is 4. The number of nitrogens with zero attached hydrogens (tertiary/aromatic N) is 3. The summed E-state index contributed by atoms with van der Waals surface area (Å²) in [7, 11) is 0. The van der Waals surface area contributed by atoms with Crippen LogP contribution in [0.5, 0.6) is 0 Å². The zero-order chi connectivity index (χ0) is 19.0. The van der Waals surface area contributed by atoms with Crippen molar-refractivity contribution in [3.05, 3.63) is 46.7 Å². The van der Waals surface area contributed by atoms with Crippen LogP contribution in [-0.2, 0) is 11.3 Å². The van der Waals surface area contributed by atoms with E-state index >= 15 is 0 Å². The molecule has 1 N–H and O–H groups in total. The summed E-state index contributed by atoms with van der Waals surface area (Å²) in [5.74, 6) is 0.179. The van der Waals surface area contributed by atoms with E-state index in [4.69, 9.17) is 16.3 Å². The van der Waals surface area contributed by atoms with Gasteiger partial charge in [0.25, 0.3) is 5.91 Å². The van der Waals surface area contributed by atoms with Gasteiger partial charge in [0.2, 0.25) is 0 Å². The van der Waals surface area contributed by atoms with Gasteiger partial charge >= 0.3 is 0 Å². The maximum Gasteiger partial charge on any atom is 0.257 e. The van der Waals surface area contributed by atoms with Crippen LogP contribution in [0.3, 0.4) is 0 Å². The van der Waals surface area contributed by atoms with E-state index in [0.29, 0.717) is 17.1 Å². The van der Waals surface area contributed by atoms with Gasteiger partial charge in [-0.15, -0.1) is 0 Å². The van der Waals surface area contributed by atoms with Gasteiger partial charge in [-0.25, -0.2) is 0 Å². The molecule has 0 radical (unpaired) electrons. The quantitative estimate of drug-likeness (QED) is 0.861. The highest BCUT2D eigenvalue weighted by Gasteiger charge is 2.42. The predicted molar refractivity (Wildman–Crippen MR) is 105 cm³/mol. The Balaban J connectivity index is 1.72. The van der Waals surface area contributed by atoms with Gasteiger partial charge in [-0.1, -0.05) is 11.6 Å². The van der Waals surface area contributed by atoms with E-state index in [1.807, 2.05) is 34.8 Å². The molecule has 0 spiro atoms. The summed E-state index contributed by atoms with van der Waals surface area (Å²) >= 11 is 6.18. The number of hydrogen-bond donors (Lipinski definition) is 1. The number of anilines is 1. The fourth-order valence-electron chi connectivity index (χ4n) is 4.30. The normalized spacial score (nSPS) is 25.2. The zero-order valence-electron chi connectivity index (χ0n) is 15.7. The number of carbonyl (C=O) groups excluding carboxylic acids is 1. The van der Waals surface area contributed by atoms with Crippen molar-refractivity contribution in [2.45, 2.75) is 45.5 Å². The number of aromatic nitrogens is 2. The van der Waals surface area contributed by atoms with Crippen molar-refractivity contribution >= 4 is 23.2 Å². The third-order valence-corrected chi connectivity index (χ3v) is 5.80. The van der Waals surface area contributed by atoms with Crippen LogP contribution in [0.15, 0.2) is 30.5 Å². The molecule has 2 aliphatic heterocycles. The molecule has 4 rings (SSSR count). The summed E-state index contributed by atoms with van der Waals surface area (Å²) in [4.78, 5) is 15.0. The summed E-state index contributed by atoms with van der Waals surface area (Å²) in [6.07, 6.45) is 3.55. The molecule has 0 aliphatic carbocycles. The number of amides is 1. The largest absolute Gasteiger partial charge is 0.371 e. The molecule has 1 fully saturated rings. The van der Waals surface area contributed by atoms with E-state index in [9.17, 15) is 4.79 Å². The van der Waals surface area contributed by atoms with Gasteiger partial charge in [-0.2, -0.15) is 5.10 Å². The standard InChI is InChI=1S/C20H25ClN4O2/c1-3-24-19(23-16-12-13(21)7-8-14(16)20(24)26)15-6-5-11-27-18(15)17-9-10-22-25(17)4-2/h7-10,12,15,18-19,23H,3-6,11H2,1-2H3/t15-,18-,19+/m1/s1. The SMILES string of the molecule is CCN1C(=O)c2ccc(Cl)cc2N[C@@H]1[C@@H]1CCCO[C@H]1c1ccnn1CC. The minimum atomic E-state index is -0.140. The average Bonchev–Trinajstić information content (AvgIpc) is 3.16. The van der Waals surface area contributed by atoms with Gasteiger partial charge in [0.15, 0.2) is 0 Å². The predicted octanol–water partition coefficient (Wildman–Crippen LogP) is 3.94. The Bertz CT molecular complexity index is 837. The van der Waals surface area contributed by atoms with Crippen molar-refractivity contribution < 1.29 is 9.53 Å². The first-order valence-corrected chi connectivity index (χ1v) is 10.0. The number of halogens is 1. The fourth-order valence-corrected chi connectivity index (χ4v) is 4.47. The molecule has 27 heavy (non-hydrogen) atoms. The third kappa shape index (κ3) is 3.21. The Morgan fingerprint density at radius 1 is 1.30 bits per heavy atom. The Labute approximate surface area is 164 Å². The molecule has 3 atom stereocenters. The molecular weight excluding hydrogens is 364 g/mol. The highest BCUT2D eigenvalue weighted by molar-refractivity contribution is 6.31. The van der Waals surface area contributed by atoms with Crippen LogP contribution in [0, 0.1) is 5.92 Å². The number of nitrogens with one attached hydrogen (secondary N) is 1. The highest BCUT2D eigenvalue weighted by Crippen LogP contribution is 2.40. The van der Waals surface area contributed by atoms with Crippen LogP contribution in [-0.4, -0.2) is 39.9 Å². The van der Waals surface area contributed by atoms with Crippen LogP contribution in [0.2, 0.25) is 5.02 Å². The maximum absolute atomic E-state index is 13.1. The van der Waals surface area contributed by atoms with E-state index in [0.717, 1.165) is 37.4 Å². The lowest BCUT2D eigenvalue weighted by atomic mass is 9.87. The zero-order valence-corrected chi connectivity index (χ0v) is 16.4. The molecule has 2 aromatic rings. The Kier molecular flexibility index (Phi) is 5.10. The fraction of sp³-hybridized carbons (Fsp3) is 0.500. The number of rotatable bonds is 4. The molecule has 1 aromatic heterocycles. The second-order valence-electron chi connectivity index (χ2n) is 7.04. The second-order valence-corrected chi connectivity index (χ2v) is 7.48. The summed E-state index contributed by atoms with van der Waals surface area (Å²) in [6, 6.07) is 7.43. The monoisotopic (exact) mass is 388 g/mol. The van der Waals surface area contributed by atoms with Crippen molar-refractivity contribution in [2.75, 3.05) is 18.5 Å². The molecule has 1 saturated heterocycles. The van der Waals surface area contributed by atoms with E-state index in [1.54, 1.807) is 12.1 Å². The lowest BCUT2D eigenvalue weighted by molar-refractivity contribution is -0.0560. The Morgan fingerprint density at radius 2 is 2.15 bits per heavy atom. The molecule has 3 heterocycles. The van der Waals surface area contributed by atoms with Crippen molar-refractivity contribution in [3.8, 4) is 0 Å². The first-order chi connectivity index (χ1) is 13.1.